The first-order valence-electron chi connectivity index (χ1n) is 5.27. The van der Waals surface area contributed by atoms with Gasteiger partial charge in [0.1, 0.15) is 0 Å². The van der Waals surface area contributed by atoms with Crippen LogP contribution in [0.5, 0.6) is 0 Å². The summed E-state index contributed by atoms with van der Waals surface area (Å²) in [5, 5.41) is 9.55. The highest BCUT2D eigenvalue weighted by molar-refractivity contribution is 7.98. The quantitative estimate of drug-likeness (QED) is 0.849. The molecule has 0 saturated carbocycles. The normalized spacial score (nSPS) is 25.7. The molecule has 0 bridgehead atoms. The van der Waals surface area contributed by atoms with Crippen LogP contribution in [0.1, 0.15) is 12.0 Å². The van der Waals surface area contributed by atoms with Crippen LogP contribution in [0.25, 0.3) is 0 Å². The van der Waals surface area contributed by atoms with Crippen molar-refractivity contribution in [3.63, 3.8) is 0 Å². The predicted molar refractivity (Wildman–Crippen MR) is 63.0 cm³/mol. The molecule has 1 aliphatic heterocycles. The number of hydrogen-bond acceptors (Lipinski definition) is 3. The molecular formula is C12H16O2S. The van der Waals surface area contributed by atoms with E-state index >= 15 is 0 Å². The zero-order chi connectivity index (χ0) is 10.5. The van der Waals surface area contributed by atoms with E-state index in [1.807, 2.05) is 17.8 Å². The lowest BCUT2D eigenvalue weighted by Crippen LogP contribution is -2.23. The molecule has 82 valence electrons. The number of hydrogen-bond donors (Lipinski definition) is 1. The molecular weight excluding hydrogens is 208 g/mol. The van der Waals surface area contributed by atoms with E-state index < -0.39 is 0 Å². The standard InChI is InChI=1S/C12H16O2S/c13-11-6-7-14-12(11)9-15-8-10-4-2-1-3-5-10/h1-5,11-13H,6-9H2/t11-,12+/m1/s1. The third-order valence-electron chi connectivity index (χ3n) is 2.57. The van der Waals surface area contributed by atoms with Crippen molar-refractivity contribution in [3.05, 3.63) is 35.9 Å². The third kappa shape index (κ3) is 3.23. The Hall–Kier alpha value is -0.510. The fourth-order valence-corrected chi connectivity index (χ4v) is 2.76. The second kappa shape index (κ2) is 5.54. The maximum Gasteiger partial charge on any atom is 0.0924 e. The van der Waals surface area contributed by atoms with Gasteiger partial charge in [-0.2, -0.15) is 11.8 Å². The van der Waals surface area contributed by atoms with Crippen LogP contribution >= 0.6 is 11.8 Å². The summed E-state index contributed by atoms with van der Waals surface area (Å²) < 4.78 is 5.43. The minimum absolute atomic E-state index is 0.0405. The number of thioether (sulfide) groups is 1. The molecule has 0 amide bonds. The van der Waals surface area contributed by atoms with Gasteiger partial charge in [0.2, 0.25) is 0 Å². The van der Waals surface area contributed by atoms with E-state index in [1.165, 1.54) is 5.56 Å². The van der Waals surface area contributed by atoms with Crippen molar-refractivity contribution in [1.29, 1.82) is 0 Å². The Kier molecular flexibility index (Phi) is 4.06. The van der Waals surface area contributed by atoms with Crippen molar-refractivity contribution in [3.8, 4) is 0 Å². The van der Waals surface area contributed by atoms with Gasteiger partial charge in [-0.15, -0.1) is 0 Å². The molecule has 3 heteroatoms. The van der Waals surface area contributed by atoms with E-state index in [4.69, 9.17) is 4.74 Å². The summed E-state index contributed by atoms with van der Waals surface area (Å²) in [5.74, 6) is 1.88. The molecule has 1 aromatic rings. The van der Waals surface area contributed by atoms with Gasteiger partial charge in [-0.05, 0) is 12.0 Å². The summed E-state index contributed by atoms with van der Waals surface area (Å²) in [6, 6.07) is 10.4. The molecule has 1 heterocycles. The first kappa shape index (κ1) is 11.0. The highest BCUT2D eigenvalue weighted by Crippen LogP contribution is 2.20. The van der Waals surface area contributed by atoms with E-state index in [1.54, 1.807) is 0 Å². The van der Waals surface area contributed by atoms with Crippen LogP contribution in [0.4, 0.5) is 0 Å². The summed E-state index contributed by atoms with van der Waals surface area (Å²) in [4.78, 5) is 0. The summed E-state index contributed by atoms with van der Waals surface area (Å²) in [7, 11) is 0. The first-order chi connectivity index (χ1) is 7.36. The lowest BCUT2D eigenvalue weighted by molar-refractivity contribution is 0.0588. The molecule has 1 N–H and O–H groups in total. The largest absolute Gasteiger partial charge is 0.390 e. The van der Waals surface area contributed by atoms with Crippen molar-refractivity contribution in [1.82, 2.24) is 0 Å². The molecule has 1 saturated heterocycles. The first-order valence-corrected chi connectivity index (χ1v) is 6.43. The average Bonchev–Trinajstić information content (AvgIpc) is 2.66. The van der Waals surface area contributed by atoms with Gasteiger partial charge in [-0.25, -0.2) is 0 Å². The fourth-order valence-electron chi connectivity index (χ4n) is 1.66. The summed E-state index contributed by atoms with van der Waals surface area (Å²) >= 11 is 1.82. The van der Waals surface area contributed by atoms with Crippen LogP contribution in [0.2, 0.25) is 0 Å². The predicted octanol–water partition coefficient (Wildman–Crippen LogP) is 2.07. The molecule has 1 fully saturated rings. The van der Waals surface area contributed by atoms with E-state index in [0.717, 1.165) is 17.9 Å². The summed E-state index contributed by atoms with van der Waals surface area (Å²) in [6.07, 6.45) is 0.573. The number of aliphatic hydroxyl groups is 1. The van der Waals surface area contributed by atoms with Crippen LogP contribution in [0.15, 0.2) is 30.3 Å². The van der Waals surface area contributed by atoms with Crippen molar-refractivity contribution in [2.45, 2.75) is 24.4 Å². The minimum atomic E-state index is -0.256. The Morgan fingerprint density at radius 1 is 1.33 bits per heavy atom. The van der Waals surface area contributed by atoms with Gasteiger partial charge in [0.05, 0.1) is 12.2 Å². The SMILES string of the molecule is O[C@@H]1CCO[C@H]1CSCc1ccccc1. The van der Waals surface area contributed by atoms with Gasteiger partial charge >= 0.3 is 0 Å². The minimum Gasteiger partial charge on any atom is -0.390 e. The molecule has 0 unspecified atom stereocenters. The number of ether oxygens (including phenoxy) is 1. The molecule has 15 heavy (non-hydrogen) atoms. The molecule has 1 aromatic carbocycles. The molecule has 0 aromatic heterocycles. The van der Waals surface area contributed by atoms with Crippen molar-refractivity contribution >= 4 is 11.8 Å². The zero-order valence-electron chi connectivity index (χ0n) is 8.63. The topological polar surface area (TPSA) is 29.5 Å². The maximum atomic E-state index is 9.55. The van der Waals surface area contributed by atoms with Crippen LogP contribution < -0.4 is 0 Å². The van der Waals surface area contributed by atoms with Gasteiger partial charge in [0.15, 0.2) is 0 Å². The molecule has 2 rings (SSSR count). The lowest BCUT2D eigenvalue weighted by Gasteiger charge is -2.12. The molecule has 1 aliphatic rings. The van der Waals surface area contributed by atoms with E-state index in [0.29, 0.717) is 6.61 Å². The number of aliphatic hydroxyl groups excluding tert-OH is 1. The Bertz CT molecular complexity index is 289. The van der Waals surface area contributed by atoms with Crippen LogP contribution in [0.3, 0.4) is 0 Å². The number of rotatable bonds is 4. The Labute approximate surface area is 94.6 Å². The van der Waals surface area contributed by atoms with Gasteiger partial charge in [0.25, 0.3) is 0 Å². The average molecular weight is 224 g/mol. The third-order valence-corrected chi connectivity index (χ3v) is 3.67. The zero-order valence-corrected chi connectivity index (χ0v) is 9.45. The second-order valence-corrected chi connectivity index (χ2v) is 4.80. The highest BCUT2D eigenvalue weighted by atomic mass is 32.2. The lowest BCUT2D eigenvalue weighted by atomic mass is 10.2. The fraction of sp³-hybridized carbons (Fsp3) is 0.500. The van der Waals surface area contributed by atoms with Gasteiger partial charge < -0.3 is 9.84 Å². The molecule has 0 aliphatic carbocycles. The van der Waals surface area contributed by atoms with Crippen molar-refractivity contribution < 1.29 is 9.84 Å². The molecule has 0 radical (unpaired) electrons. The monoisotopic (exact) mass is 224 g/mol. The van der Waals surface area contributed by atoms with Gasteiger partial charge in [-0.1, -0.05) is 30.3 Å². The smallest absolute Gasteiger partial charge is 0.0924 e. The van der Waals surface area contributed by atoms with Crippen LogP contribution in [-0.2, 0) is 10.5 Å². The van der Waals surface area contributed by atoms with E-state index in [9.17, 15) is 5.11 Å². The highest BCUT2D eigenvalue weighted by Gasteiger charge is 2.25. The van der Waals surface area contributed by atoms with Gasteiger partial charge in [-0.3, -0.25) is 0 Å². The van der Waals surface area contributed by atoms with Gasteiger partial charge in [0, 0.05) is 18.1 Å². The van der Waals surface area contributed by atoms with E-state index in [-0.39, 0.29) is 12.2 Å². The molecule has 2 nitrogen and oxygen atoms in total. The maximum absolute atomic E-state index is 9.55. The van der Waals surface area contributed by atoms with Crippen LogP contribution in [0, 0.1) is 0 Å². The summed E-state index contributed by atoms with van der Waals surface area (Å²) in [5.41, 5.74) is 1.33. The molecule has 0 spiro atoms. The van der Waals surface area contributed by atoms with Crippen molar-refractivity contribution in [2.75, 3.05) is 12.4 Å². The van der Waals surface area contributed by atoms with Crippen LogP contribution in [-0.4, -0.2) is 29.7 Å². The second-order valence-electron chi connectivity index (χ2n) is 3.77. The summed E-state index contributed by atoms with van der Waals surface area (Å²) in [6.45, 7) is 0.706. The Balaban J connectivity index is 1.71. The molecule has 2 atom stereocenters. The van der Waals surface area contributed by atoms with E-state index in [2.05, 4.69) is 24.3 Å². The number of benzene rings is 1. The van der Waals surface area contributed by atoms with Crippen molar-refractivity contribution in [2.24, 2.45) is 0 Å². The Morgan fingerprint density at radius 2 is 2.13 bits per heavy atom. The Morgan fingerprint density at radius 3 is 2.80 bits per heavy atom.